The quantitative estimate of drug-likeness (QED) is 0.804. The van der Waals surface area contributed by atoms with Gasteiger partial charge in [0.2, 0.25) is 5.88 Å². The summed E-state index contributed by atoms with van der Waals surface area (Å²) in [5.41, 5.74) is 1.44. The molecule has 26 heavy (non-hydrogen) atoms. The number of piperazine rings is 1. The number of aromatic nitrogens is 4. The van der Waals surface area contributed by atoms with Gasteiger partial charge in [-0.1, -0.05) is 0 Å². The molecule has 2 aliphatic rings. The van der Waals surface area contributed by atoms with Gasteiger partial charge in [-0.25, -0.2) is 0 Å². The minimum Gasteiger partial charge on any atom is -0.477 e. The third kappa shape index (κ3) is 3.58. The molecule has 1 amide bonds. The standard InChI is InChI=1S/C18H22N6O2/c1-2-26-17-8-6-15(20-22-17)18(25)24-11-9-23(10-12-24)16-7-5-14(19-21-16)13-3-4-13/h5-8,13H,2-4,9-12H2,1H3. The van der Waals surface area contributed by atoms with Gasteiger partial charge in [-0.15, -0.1) is 15.3 Å². The Labute approximate surface area is 152 Å². The molecule has 1 saturated heterocycles. The van der Waals surface area contributed by atoms with E-state index in [9.17, 15) is 4.79 Å². The number of anilines is 1. The Balaban J connectivity index is 1.34. The average Bonchev–Trinajstić information content (AvgIpc) is 3.54. The van der Waals surface area contributed by atoms with Crippen molar-refractivity contribution in [2.45, 2.75) is 25.7 Å². The molecule has 2 fully saturated rings. The Kier molecular flexibility index (Phi) is 4.64. The van der Waals surface area contributed by atoms with Crippen molar-refractivity contribution < 1.29 is 9.53 Å². The molecule has 8 nitrogen and oxygen atoms in total. The first kappa shape index (κ1) is 16.7. The summed E-state index contributed by atoms with van der Waals surface area (Å²) in [5.74, 6) is 1.82. The van der Waals surface area contributed by atoms with Crippen LogP contribution in [-0.4, -0.2) is 64.0 Å². The van der Waals surface area contributed by atoms with E-state index in [-0.39, 0.29) is 5.91 Å². The number of rotatable bonds is 5. The lowest BCUT2D eigenvalue weighted by Gasteiger charge is -2.34. The van der Waals surface area contributed by atoms with Crippen molar-refractivity contribution in [1.82, 2.24) is 25.3 Å². The molecule has 136 valence electrons. The van der Waals surface area contributed by atoms with E-state index in [4.69, 9.17) is 4.74 Å². The lowest BCUT2D eigenvalue weighted by Crippen LogP contribution is -2.49. The van der Waals surface area contributed by atoms with Crippen molar-refractivity contribution in [3.63, 3.8) is 0 Å². The number of amides is 1. The zero-order valence-corrected chi connectivity index (χ0v) is 14.8. The predicted octanol–water partition coefficient (Wildman–Crippen LogP) is 1.51. The first-order valence-corrected chi connectivity index (χ1v) is 9.09. The molecule has 1 aliphatic heterocycles. The number of carbonyl (C=O) groups is 1. The van der Waals surface area contributed by atoms with Crippen molar-refractivity contribution in [2.75, 3.05) is 37.7 Å². The highest BCUT2D eigenvalue weighted by atomic mass is 16.5. The van der Waals surface area contributed by atoms with E-state index in [0.717, 1.165) is 24.6 Å². The average molecular weight is 354 g/mol. The smallest absolute Gasteiger partial charge is 0.274 e. The van der Waals surface area contributed by atoms with Crippen LogP contribution < -0.4 is 9.64 Å². The van der Waals surface area contributed by atoms with E-state index >= 15 is 0 Å². The monoisotopic (exact) mass is 354 g/mol. The molecule has 0 aromatic carbocycles. The molecule has 2 aromatic heterocycles. The molecule has 1 aliphatic carbocycles. The third-order valence-electron chi connectivity index (χ3n) is 4.71. The van der Waals surface area contributed by atoms with Crippen molar-refractivity contribution in [3.05, 3.63) is 35.7 Å². The highest BCUT2D eigenvalue weighted by Gasteiger charge is 2.27. The second kappa shape index (κ2) is 7.23. The Morgan fingerprint density at radius 2 is 1.85 bits per heavy atom. The first-order valence-electron chi connectivity index (χ1n) is 9.09. The number of nitrogens with zero attached hydrogens (tertiary/aromatic N) is 6. The summed E-state index contributed by atoms with van der Waals surface area (Å²) >= 11 is 0. The molecular formula is C18H22N6O2. The Bertz CT molecular complexity index is 752. The SMILES string of the molecule is CCOc1ccc(C(=O)N2CCN(c3ccc(C4CC4)nn3)CC2)nn1. The van der Waals surface area contributed by atoms with Crippen molar-refractivity contribution >= 4 is 11.7 Å². The van der Waals surface area contributed by atoms with Crippen LogP contribution >= 0.6 is 0 Å². The predicted molar refractivity (Wildman–Crippen MR) is 95.3 cm³/mol. The van der Waals surface area contributed by atoms with E-state index in [1.54, 1.807) is 17.0 Å². The zero-order valence-electron chi connectivity index (χ0n) is 14.8. The summed E-state index contributed by atoms with van der Waals surface area (Å²) in [6.45, 7) is 5.11. The van der Waals surface area contributed by atoms with Crippen molar-refractivity contribution in [2.24, 2.45) is 0 Å². The molecule has 0 spiro atoms. The Morgan fingerprint density at radius 1 is 1.04 bits per heavy atom. The van der Waals surface area contributed by atoms with Crippen molar-refractivity contribution in [1.29, 1.82) is 0 Å². The maximum absolute atomic E-state index is 12.6. The summed E-state index contributed by atoms with van der Waals surface area (Å²) in [6.07, 6.45) is 2.45. The van der Waals surface area contributed by atoms with Crippen LogP contribution in [0.3, 0.4) is 0 Å². The fourth-order valence-electron chi connectivity index (χ4n) is 3.06. The summed E-state index contributed by atoms with van der Waals surface area (Å²) in [5, 5.41) is 16.6. The van der Waals surface area contributed by atoms with Gasteiger partial charge in [-0.05, 0) is 38.0 Å². The summed E-state index contributed by atoms with van der Waals surface area (Å²) in [7, 11) is 0. The third-order valence-corrected chi connectivity index (χ3v) is 4.71. The lowest BCUT2D eigenvalue weighted by molar-refractivity contribution is 0.0739. The van der Waals surface area contributed by atoms with Crippen LogP contribution in [-0.2, 0) is 0 Å². The second-order valence-electron chi connectivity index (χ2n) is 6.56. The van der Waals surface area contributed by atoms with Gasteiger partial charge < -0.3 is 14.5 Å². The van der Waals surface area contributed by atoms with Crippen LogP contribution in [0.5, 0.6) is 5.88 Å². The molecule has 1 saturated carbocycles. The highest BCUT2D eigenvalue weighted by molar-refractivity contribution is 5.92. The normalized spacial score (nSPS) is 17.3. The molecule has 3 heterocycles. The van der Waals surface area contributed by atoms with Crippen LogP contribution in [0.15, 0.2) is 24.3 Å². The summed E-state index contributed by atoms with van der Waals surface area (Å²) in [6, 6.07) is 7.45. The number of hydrogen-bond donors (Lipinski definition) is 0. The molecule has 0 unspecified atom stereocenters. The first-order chi connectivity index (χ1) is 12.7. The topological polar surface area (TPSA) is 84.3 Å². The van der Waals surface area contributed by atoms with E-state index in [1.165, 1.54) is 12.8 Å². The molecule has 2 aromatic rings. The largest absolute Gasteiger partial charge is 0.477 e. The zero-order chi connectivity index (χ0) is 17.9. The molecule has 8 heteroatoms. The fourth-order valence-corrected chi connectivity index (χ4v) is 3.06. The molecule has 4 rings (SSSR count). The molecule has 0 bridgehead atoms. The molecular weight excluding hydrogens is 332 g/mol. The molecule has 0 N–H and O–H groups in total. The summed E-state index contributed by atoms with van der Waals surface area (Å²) in [4.78, 5) is 16.5. The van der Waals surface area contributed by atoms with E-state index in [1.807, 2.05) is 13.0 Å². The Morgan fingerprint density at radius 3 is 2.42 bits per heavy atom. The lowest BCUT2D eigenvalue weighted by atomic mass is 10.2. The molecule has 0 atom stereocenters. The van der Waals surface area contributed by atoms with Gasteiger partial charge in [0, 0.05) is 38.2 Å². The van der Waals surface area contributed by atoms with E-state index in [2.05, 4.69) is 31.4 Å². The summed E-state index contributed by atoms with van der Waals surface area (Å²) < 4.78 is 5.26. The fraction of sp³-hybridized carbons (Fsp3) is 0.500. The number of carbonyl (C=O) groups excluding carboxylic acids is 1. The van der Waals surface area contributed by atoms with Crippen molar-refractivity contribution in [3.8, 4) is 5.88 Å². The van der Waals surface area contributed by atoms with Gasteiger partial charge in [0.05, 0.1) is 12.3 Å². The minimum absolute atomic E-state index is 0.102. The van der Waals surface area contributed by atoms with Gasteiger partial charge >= 0.3 is 0 Å². The number of hydrogen-bond acceptors (Lipinski definition) is 7. The number of ether oxygens (including phenoxy) is 1. The highest BCUT2D eigenvalue weighted by Crippen LogP contribution is 2.38. The van der Waals surface area contributed by atoms with Gasteiger partial charge in [-0.3, -0.25) is 4.79 Å². The van der Waals surface area contributed by atoms with E-state index in [0.29, 0.717) is 37.2 Å². The van der Waals surface area contributed by atoms with Gasteiger partial charge in [0.15, 0.2) is 11.5 Å². The van der Waals surface area contributed by atoms with Gasteiger partial charge in [0.1, 0.15) is 0 Å². The van der Waals surface area contributed by atoms with E-state index < -0.39 is 0 Å². The van der Waals surface area contributed by atoms with Gasteiger partial charge in [0.25, 0.3) is 5.91 Å². The van der Waals surface area contributed by atoms with Crippen LogP contribution in [0.1, 0.15) is 41.9 Å². The van der Waals surface area contributed by atoms with Crippen LogP contribution in [0, 0.1) is 0 Å². The van der Waals surface area contributed by atoms with Crippen LogP contribution in [0.25, 0.3) is 0 Å². The maximum atomic E-state index is 12.6. The minimum atomic E-state index is -0.102. The maximum Gasteiger partial charge on any atom is 0.274 e. The Hall–Kier alpha value is -2.77. The molecule has 0 radical (unpaired) electrons. The van der Waals surface area contributed by atoms with Crippen LogP contribution in [0.4, 0.5) is 5.82 Å². The second-order valence-corrected chi connectivity index (χ2v) is 6.56. The van der Waals surface area contributed by atoms with Gasteiger partial charge in [-0.2, -0.15) is 5.10 Å². The van der Waals surface area contributed by atoms with Crippen LogP contribution in [0.2, 0.25) is 0 Å².